The van der Waals surface area contributed by atoms with Crippen molar-refractivity contribution in [2.45, 2.75) is 83.2 Å². The first-order valence-corrected chi connectivity index (χ1v) is 12.6. The molecule has 1 heterocycles. The maximum atomic E-state index is 14.5. The van der Waals surface area contributed by atoms with Gasteiger partial charge in [0, 0.05) is 29.9 Å². The number of ether oxygens (including phenoxy) is 1. The predicted molar refractivity (Wildman–Crippen MR) is 120 cm³/mol. The molecule has 1 amide bonds. The highest BCUT2D eigenvalue weighted by Gasteiger charge is 2.33. The van der Waals surface area contributed by atoms with Crippen LogP contribution in [-0.4, -0.2) is 50.7 Å². The zero-order valence-electron chi connectivity index (χ0n) is 18.7. The minimum atomic E-state index is -3.30. The lowest BCUT2D eigenvalue weighted by Crippen LogP contribution is -2.51. The smallest absolute Gasteiger partial charge is 0.227 e. The van der Waals surface area contributed by atoms with Gasteiger partial charge in [-0.15, -0.1) is 0 Å². The van der Waals surface area contributed by atoms with Crippen LogP contribution in [0.15, 0.2) is 24.3 Å². The third-order valence-electron chi connectivity index (χ3n) is 6.10. The lowest BCUT2D eigenvalue weighted by molar-refractivity contribution is -0.120. The summed E-state index contributed by atoms with van der Waals surface area (Å²) >= 11 is 0. The Hall–Kier alpha value is -1.71. The Kier molecular flexibility index (Phi) is 7.59. The highest BCUT2D eigenvalue weighted by Crippen LogP contribution is 2.29. The first kappa shape index (κ1) is 23.9. The van der Waals surface area contributed by atoms with Gasteiger partial charge in [0.1, 0.15) is 6.10 Å². The summed E-state index contributed by atoms with van der Waals surface area (Å²) in [5, 5.41) is 2.47. The molecule has 1 saturated heterocycles. The van der Waals surface area contributed by atoms with Crippen LogP contribution in [0.1, 0.15) is 53.4 Å². The minimum absolute atomic E-state index is 0.0541. The maximum Gasteiger partial charge on any atom is 0.227 e. The molecule has 1 unspecified atom stereocenters. The van der Waals surface area contributed by atoms with E-state index in [-0.39, 0.29) is 24.0 Å². The van der Waals surface area contributed by atoms with E-state index in [1.807, 2.05) is 19.1 Å². The van der Waals surface area contributed by atoms with Crippen LogP contribution in [0.4, 0.5) is 15.8 Å². The van der Waals surface area contributed by atoms with E-state index in [0.717, 1.165) is 5.69 Å². The van der Waals surface area contributed by atoms with Crippen molar-refractivity contribution in [1.29, 1.82) is 0 Å². The van der Waals surface area contributed by atoms with E-state index in [4.69, 9.17) is 4.74 Å². The summed E-state index contributed by atoms with van der Waals surface area (Å²) in [6.07, 6.45) is 0.817. The van der Waals surface area contributed by atoms with Gasteiger partial charge in [-0.25, -0.2) is 17.5 Å². The number of morpholine rings is 1. The van der Waals surface area contributed by atoms with E-state index in [1.54, 1.807) is 37.8 Å². The summed E-state index contributed by atoms with van der Waals surface area (Å²) in [6, 6.07) is 7.08. The minimum Gasteiger partial charge on any atom is -0.369 e. The fraction of sp³-hybridized carbons (Fsp3) is 0.682. The van der Waals surface area contributed by atoms with Crippen LogP contribution >= 0.6 is 0 Å². The Balaban J connectivity index is 1.52. The predicted octanol–water partition coefficient (Wildman–Crippen LogP) is 3.42. The van der Waals surface area contributed by atoms with Crippen molar-refractivity contribution < 1.29 is 22.3 Å². The fourth-order valence-corrected chi connectivity index (χ4v) is 5.15. The molecule has 0 bridgehead atoms. The number of amides is 1. The number of halogens is 1. The normalized spacial score (nSPS) is 29.7. The Morgan fingerprint density at radius 2 is 1.74 bits per heavy atom. The van der Waals surface area contributed by atoms with Crippen molar-refractivity contribution in [3.05, 3.63) is 24.3 Å². The molecule has 2 N–H and O–H groups in total. The van der Waals surface area contributed by atoms with Gasteiger partial charge in [-0.05, 0) is 77.6 Å². The van der Waals surface area contributed by atoms with Crippen LogP contribution in [0.25, 0.3) is 0 Å². The quantitative estimate of drug-likeness (QED) is 0.642. The number of sulfonamides is 1. The zero-order valence-corrected chi connectivity index (χ0v) is 19.5. The largest absolute Gasteiger partial charge is 0.369 e. The molecule has 0 spiro atoms. The van der Waals surface area contributed by atoms with Crippen molar-refractivity contribution in [3.63, 3.8) is 0 Å². The third kappa shape index (κ3) is 5.96. The molecule has 31 heavy (non-hydrogen) atoms. The number of carbonyl (C=O) groups excluding carboxylic acids is 1. The highest BCUT2D eigenvalue weighted by atomic mass is 32.2. The SMILES string of the molecule is CC(C)S(=O)(=O)N[C@H]1CC[C@H](C(=O)Nc2ccc(N3C[C@H](C)O[C@H](C)C3F)cc2)CC1. The lowest BCUT2D eigenvalue weighted by Gasteiger charge is -2.39. The topological polar surface area (TPSA) is 87.7 Å². The van der Waals surface area contributed by atoms with Crippen molar-refractivity contribution in [2.24, 2.45) is 5.92 Å². The number of nitrogens with zero attached hydrogens (tertiary/aromatic N) is 1. The summed E-state index contributed by atoms with van der Waals surface area (Å²) in [5.41, 5.74) is 1.42. The van der Waals surface area contributed by atoms with Gasteiger partial charge in [0.25, 0.3) is 0 Å². The average molecular weight is 456 g/mol. The number of hydrogen-bond donors (Lipinski definition) is 2. The number of anilines is 2. The summed E-state index contributed by atoms with van der Waals surface area (Å²) < 4.78 is 46.9. The number of rotatable bonds is 6. The van der Waals surface area contributed by atoms with Crippen molar-refractivity contribution in [1.82, 2.24) is 4.72 Å². The Bertz CT molecular complexity index is 854. The van der Waals surface area contributed by atoms with Crippen LogP contribution in [0.2, 0.25) is 0 Å². The molecule has 1 aliphatic carbocycles. The molecule has 0 aromatic heterocycles. The molecule has 0 radical (unpaired) electrons. The van der Waals surface area contributed by atoms with Gasteiger partial charge in [0.05, 0.1) is 11.4 Å². The van der Waals surface area contributed by atoms with Crippen LogP contribution in [0.5, 0.6) is 0 Å². The third-order valence-corrected chi connectivity index (χ3v) is 8.00. The molecule has 1 saturated carbocycles. The van der Waals surface area contributed by atoms with E-state index in [1.165, 1.54) is 0 Å². The van der Waals surface area contributed by atoms with Crippen molar-refractivity contribution >= 4 is 27.3 Å². The van der Waals surface area contributed by atoms with E-state index in [9.17, 15) is 17.6 Å². The van der Waals surface area contributed by atoms with E-state index in [0.29, 0.717) is 37.9 Å². The molecule has 174 valence electrons. The molecule has 7 nitrogen and oxygen atoms in total. The average Bonchev–Trinajstić information content (AvgIpc) is 2.71. The summed E-state index contributed by atoms with van der Waals surface area (Å²) in [5.74, 6) is -0.203. The highest BCUT2D eigenvalue weighted by molar-refractivity contribution is 7.90. The van der Waals surface area contributed by atoms with Gasteiger partial charge < -0.3 is 15.0 Å². The number of carbonyl (C=O) groups is 1. The Labute approximate surface area is 184 Å². The van der Waals surface area contributed by atoms with E-state index in [2.05, 4.69) is 10.0 Å². The summed E-state index contributed by atoms with van der Waals surface area (Å²) in [4.78, 5) is 14.3. The molecule has 2 aliphatic rings. The van der Waals surface area contributed by atoms with Gasteiger partial charge in [0.15, 0.2) is 6.30 Å². The van der Waals surface area contributed by atoms with Gasteiger partial charge in [0.2, 0.25) is 15.9 Å². The lowest BCUT2D eigenvalue weighted by atomic mass is 9.86. The Morgan fingerprint density at radius 3 is 2.32 bits per heavy atom. The van der Waals surface area contributed by atoms with Crippen molar-refractivity contribution in [2.75, 3.05) is 16.8 Å². The van der Waals surface area contributed by atoms with Gasteiger partial charge >= 0.3 is 0 Å². The molecule has 9 heteroatoms. The molecule has 1 aromatic carbocycles. The number of hydrogen-bond acceptors (Lipinski definition) is 5. The second-order valence-electron chi connectivity index (χ2n) is 8.97. The van der Waals surface area contributed by atoms with Gasteiger partial charge in [-0.2, -0.15) is 0 Å². The monoisotopic (exact) mass is 455 g/mol. The molecule has 3 rings (SSSR count). The molecule has 1 aromatic rings. The second-order valence-corrected chi connectivity index (χ2v) is 11.2. The zero-order chi connectivity index (χ0) is 22.8. The Morgan fingerprint density at radius 1 is 1.13 bits per heavy atom. The van der Waals surface area contributed by atoms with E-state index >= 15 is 0 Å². The number of alkyl halides is 1. The molecule has 1 aliphatic heterocycles. The van der Waals surface area contributed by atoms with Gasteiger partial charge in [-0.1, -0.05) is 0 Å². The van der Waals surface area contributed by atoms with Crippen molar-refractivity contribution in [3.8, 4) is 0 Å². The van der Waals surface area contributed by atoms with E-state index < -0.39 is 27.7 Å². The molecular weight excluding hydrogens is 421 g/mol. The van der Waals surface area contributed by atoms with Gasteiger partial charge in [-0.3, -0.25) is 4.79 Å². The molecular formula is C22H34FN3O4S. The first-order chi connectivity index (χ1) is 14.6. The fourth-order valence-electron chi connectivity index (χ4n) is 4.18. The maximum absolute atomic E-state index is 14.5. The first-order valence-electron chi connectivity index (χ1n) is 11.0. The van der Waals surface area contributed by atoms with Crippen LogP contribution in [0.3, 0.4) is 0 Å². The van der Waals surface area contributed by atoms with Crippen LogP contribution in [0, 0.1) is 5.92 Å². The molecule has 3 atom stereocenters. The number of nitrogens with one attached hydrogen (secondary N) is 2. The number of benzene rings is 1. The summed E-state index contributed by atoms with van der Waals surface area (Å²) in [7, 11) is -3.30. The second kappa shape index (κ2) is 9.83. The summed E-state index contributed by atoms with van der Waals surface area (Å²) in [6.45, 7) is 7.43. The van der Waals surface area contributed by atoms with Crippen LogP contribution in [-0.2, 0) is 19.6 Å². The molecule has 2 fully saturated rings. The standard InChI is InChI=1S/C22H34FN3O4S/c1-14(2)31(28,29)25-19-7-5-17(6-8-19)22(27)24-18-9-11-20(12-10-18)26-13-15(3)30-16(4)21(26)23/h9-12,14-17,19,21,25H,5-8,13H2,1-4H3,(H,24,27)/t15-,16+,17-,19-,21?/m0/s1. The van der Waals surface area contributed by atoms with Crippen LogP contribution < -0.4 is 14.9 Å².